The Morgan fingerprint density at radius 1 is 1.67 bits per heavy atom. The minimum atomic E-state index is -0.322. The quantitative estimate of drug-likeness (QED) is 0.743. The molecule has 15 heavy (non-hydrogen) atoms. The molecular formula is C8H9IN2O3S. The van der Waals surface area contributed by atoms with E-state index in [1.807, 2.05) is 0 Å². The van der Waals surface area contributed by atoms with Crippen LogP contribution in [-0.4, -0.2) is 33.2 Å². The van der Waals surface area contributed by atoms with Gasteiger partial charge in [0.15, 0.2) is 0 Å². The molecule has 0 radical (unpaired) electrons. The van der Waals surface area contributed by atoms with Gasteiger partial charge in [0.25, 0.3) is 5.56 Å². The maximum atomic E-state index is 11.4. The summed E-state index contributed by atoms with van der Waals surface area (Å²) >= 11 is 3.50. The highest BCUT2D eigenvalue weighted by atomic mass is 127. The lowest BCUT2D eigenvalue weighted by Crippen LogP contribution is -2.22. The highest BCUT2D eigenvalue weighted by Gasteiger charge is 2.20. The molecule has 0 saturated carbocycles. The van der Waals surface area contributed by atoms with Crippen LogP contribution >= 0.6 is 34.4 Å². The van der Waals surface area contributed by atoms with E-state index in [-0.39, 0.29) is 21.1 Å². The van der Waals surface area contributed by atoms with Gasteiger partial charge in [-0.2, -0.15) is 16.7 Å². The van der Waals surface area contributed by atoms with Crippen molar-refractivity contribution in [2.75, 3.05) is 18.1 Å². The summed E-state index contributed by atoms with van der Waals surface area (Å²) in [6.07, 6.45) is -0.223. The summed E-state index contributed by atoms with van der Waals surface area (Å²) in [6.45, 7) is 0.645. The third kappa shape index (κ3) is 2.45. The van der Waals surface area contributed by atoms with E-state index in [9.17, 15) is 9.90 Å². The molecule has 1 aromatic heterocycles. The highest BCUT2D eigenvalue weighted by Crippen LogP contribution is 2.24. The van der Waals surface area contributed by atoms with Gasteiger partial charge in [0.05, 0.1) is 6.61 Å². The first-order chi connectivity index (χ1) is 7.18. The molecule has 2 rings (SSSR count). The predicted octanol–water partition coefficient (Wildman–Crippen LogP) is 0.885. The molecule has 5 nitrogen and oxygen atoms in total. The first-order valence-corrected chi connectivity index (χ1v) is 6.60. The van der Waals surface area contributed by atoms with Gasteiger partial charge < -0.3 is 14.8 Å². The van der Waals surface area contributed by atoms with Gasteiger partial charge in [-0.15, -0.1) is 0 Å². The SMILES string of the molecule is O=c1[nH]c(C2CSCCO2)nc(O)c1I. The summed E-state index contributed by atoms with van der Waals surface area (Å²) in [5, 5.41) is 9.41. The predicted molar refractivity (Wildman–Crippen MR) is 65.3 cm³/mol. The number of H-pyrrole nitrogens is 1. The number of aromatic amines is 1. The van der Waals surface area contributed by atoms with Crippen LogP contribution in [0.15, 0.2) is 4.79 Å². The fraction of sp³-hybridized carbons (Fsp3) is 0.500. The van der Waals surface area contributed by atoms with E-state index in [1.54, 1.807) is 34.4 Å². The van der Waals surface area contributed by atoms with E-state index in [0.29, 0.717) is 12.4 Å². The van der Waals surface area contributed by atoms with Crippen LogP contribution in [0, 0.1) is 3.57 Å². The molecule has 1 atom stereocenters. The molecular weight excluding hydrogens is 331 g/mol. The number of hydrogen-bond donors (Lipinski definition) is 2. The minimum Gasteiger partial charge on any atom is -0.492 e. The second-order valence-electron chi connectivity index (χ2n) is 3.02. The van der Waals surface area contributed by atoms with E-state index in [2.05, 4.69) is 9.97 Å². The van der Waals surface area contributed by atoms with Crippen molar-refractivity contribution in [3.8, 4) is 5.88 Å². The van der Waals surface area contributed by atoms with Gasteiger partial charge in [-0.1, -0.05) is 0 Å². The van der Waals surface area contributed by atoms with E-state index in [0.717, 1.165) is 11.5 Å². The van der Waals surface area contributed by atoms with E-state index >= 15 is 0 Å². The maximum Gasteiger partial charge on any atom is 0.268 e. The number of hydrogen-bond acceptors (Lipinski definition) is 5. The van der Waals surface area contributed by atoms with Gasteiger partial charge in [0, 0.05) is 11.5 Å². The Bertz CT molecular complexity index is 417. The van der Waals surface area contributed by atoms with E-state index in [1.165, 1.54) is 0 Å². The standard InChI is InChI=1S/C8H9IN2O3S/c9-5-7(12)10-6(11-8(5)13)4-3-15-2-1-14-4/h4H,1-3H2,(H2,10,11,12,13). The number of nitrogens with one attached hydrogen (secondary N) is 1. The van der Waals surface area contributed by atoms with Crippen LogP contribution < -0.4 is 5.56 Å². The summed E-state index contributed by atoms with van der Waals surface area (Å²) in [5.74, 6) is 1.89. The normalized spacial score (nSPS) is 21.5. The van der Waals surface area contributed by atoms with Gasteiger partial charge in [-0.05, 0) is 22.6 Å². The summed E-state index contributed by atoms with van der Waals surface area (Å²) in [7, 11) is 0. The van der Waals surface area contributed by atoms with Crippen LogP contribution in [0.2, 0.25) is 0 Å². The number of aromatic hydroxyl groups is 1. The lowest BCUT2D eigenvalue weighted by Gasteiger charge is -2.21. The fourth-order valence-electron chi connectivity index (χ4n) is 1.26. The number of aromatic nitrogens is 2. The Balaban J connectivity index is 2.32. The van der Waals surface area contributed by atoms with Crippen molar-refractivity contribution in [3.63, 3.8) is 0 Å². The molecule has 7 heteroatoms. The second-order valence-corrected chi connectivity index (χ2v) is 5.25. The van der Waals surface area contributed by atoms with Crippen LogP contribution in [-0.2, 0) is 4.74 Å². The van der Waals surface area contributed by atoms with Gasteiger partial charge in [0.2, 0.25) is 5.88 Å². The van der Waals surface area contributed by atoms with Gasteiger partial charge >= 0.3 is 0 Å². The van der Waals surface area contributed by atoms with Gasteiger partial charge in [-0.3, -0.25) is 4.79 Å². The Labute approximate surface area is 104 Å². The molecule has 1 aliphatic rings. The minimum absolute atomic E-state index is 0.208. The first-order valence-electron chi connectivity index (χ1n) is 4.36. The number of halogens is 1. The lowest BCUT2D eigenvalue weighted by atomic mass is 10.3. The molecule has 0 spiro atoms. The molecule has 0 aliphatic carbocycles. The Kier molecular flexibility index (Phi) is 3.52. The van der Waals surface area contributed by atoms with Crippen molar-refractivity contribution in [2.45, 2.75) is 6.10 Å². The molecule has 2 N–H and O–H groups in total. The topological polar surface area (TPSA) is 75.2 Å². The van der Waals surface area contributed by atoms with E-state index < -0.39 is 0 Å². The Morgan fingerprint density at radius 3 is 3.07 bits per heavy atom. The smallest absolute Gasteiger partial charge is 0.268 e. The number of ether oxygens (including phenoxy) is 1. The zero-order valence-corrected chi connectivity index (χ0v) is 10.7. The molecule has 1 saturated heterocycles. The average Bonchev–Trinajstić information content (AvgIpc) is 2.26. The summed E-state index contributed by atoms with van der Waals surface area (Å²) in [6, 6.07) is 0. The van der Waals surface area contributed by atoms with Crippen LogP contribution in [0.1, 0.15) is 11.9 Å². The van der Waals surface area contributed by atoms with Crippen molar-refractivity contribution in [1.82, 2.24) is 9.97 Å². The third-order valence-corrected chi connectivity index (χ3v) is 3.95. The van der Waals surface area contributed by atoms with Crippen molar-refractivity contribution in [2.24, 2.45) is 0 Å². The number of rotatable bonds is 1. The largest absolute Gasteiger partial charge is 0.492 e. The van der Waals surface area contributed by atoms with Crippen LogP contribution in [0.25, 0.3) is 0 Å². The Hall–Kier alpha value is -0.280. The van der Waals surface area contributed by atoms with Gasteiger partial charge in [0.1, 0.15) is 15.5 Å². The van der Waals surface area contributed by atoms with Crippen LogP contribution in [0.3, 0.4) is 0 Å². The molecule has 1 aromatic rings. The molecule has 2 heterocycles. The van der Waals surface area contributed by atoms with Crippen molar-refractivity contribution < 1.29 is 9.84 Å². The molecule has 82 valence electrons. The molecule has 0 amide bonds. The highest BCUT2D eigenvalue weighted by molar-refractivity contribution is 14.1. The van der Waals surface area contributed by atoms with E-state index in [4.69, 9.17) is 4.74 Å². The Morgan fingerprint density at radius 2 is 2.47 bits per heavy atom. The monoisotopic (exact) mass is 340 g/mol. The fourth-order valence-corrected chi connectivity index (χ4v) is 2.37. The summed E-state index contributed by atoms with van der Waals surface area (Å²) in [5.41, 5.74) is -0.322. The molecule has 1 aliphatic heterocycles. The zero-order valence-electron chi connectivity index (χ0n) is 7.70. The summed E-state index contributed by atoms with van der Waals surface area (Å²) < 4.78 is 5.65. The van der Waals surface area contributed by atoms with Crippen molar-refractivity contribution >= 4 is 34.4 Å². The lowest BCUT2D eigenvalue weighted by molar-refractivity contribution is 0.0687. The summed E-state index contributed by atoms with van der Waals surface area (Å²) in [4.78, 5) is 17.9. The second kappa shape index (κ2) is 4.71. The first kappa shape index (κ1) is 11.2. The number of thioether (sulfide) groups is 1. The molecule has 1 fully saturated rings. The zero-order chi connectivity index (χ0) is 10.8. The number of nitrogens with zero attached hydrogens (tertiary/aromatic N) is 1. The van der Waals surface area contributed by atoms with Crippen molar-refractivity contribution in [3.05, 3.63) is 19.7 Å². The average molecular weight is 340 g/mol. The maximum absolute atomic E-state index is 11.4. The third-order valence-electron chi connectivity index (χ3n) is 1.98. The molecule has 1 unspecified atom stereocenters. The van der Waals surface area contributed by atoms with Crippen molar-refractivity contribution in [1.29, 1.82) is 0 Å². The van der Waals surface area contributed by atoms with Crippen LogP contribution in [0.4, 0.5) is 0 Å². The molecule has 0 aromatic carbocycles. The van der Waals surface area contributed by atoms with Crippen LogP contribution in [0.5, 0.6) is 5.88 Å². The van der Waals surface area contributed by atoms with Gasteiger partial charge in [-0.25, -0.2) is 0 Å². The molecule has 0 bridgehead atoms.